The molecule has 0 unspecified atom stereocenters. The second-order valence-corrected chi connectivity index (χ2v) is 8.23. The first-order valence-corrected chi connectivity index (χ1v) is 11.7. The minimum atomic E-state index is -0.920. The Morgan fingerprint density at radius 3 is 1.94 bits per heavy atom. The Hall–Kier alpha value is -2.46. The molecular weight excluding hydrogens is 500 g/mol. The van der Waals surface area contributed by atoms with Crippen LogP contribution in [0.25, 0.3) is 0 Å². The lowest BCUT2D eigenvalue weighted by Crippen LogP contribution is -1.95. The summed E-state index contributed by atoms with van der Waals surface area (Å²) in [4.78, 5) is 22.6. The number of carbonyl (C=O) groups is 2. The number of alkyl halides is 1. The van der Waals surface area contributed by atoms with Gasteiger partial charge in [0.2, 0.25) is 0 Å². The Morgan fingerprint density at radius 2 is 1.48 bits per heavy atom. The number of hydrogen-bond acceptors (Lipinski definition) is 6. The molecule has 0 aromatic heterocycles. The van der Waals surface area contributed by atoms with Crippen molar-refractivity contribution >= 4 is 52.3 Å². The number of carboxylic acid groups (broad SMARTS) is 2. The van der Waals surface area contributed by atoms with Crippen LogP contribution in [0.4, 0.5) is 0 Å². The molecule has 0 atom stereocenters. The fraction of sp³-hybridized carbons (Fsp3) is 0.273. The lowest BCUT2D eigenvalue weighted by molar-refractivity contribution is 0.0685. The third-order valence-corrected chi connectivity index (χ3v) is 5.22. The number of halogens is 1. The van der Waals surface area contributed by atoms with Gasteiger partial charge < -0.3 is 10.2 Å². The number of unbranched alkanes of at least 4 members (excludes halogenated alkanes) is 2. The van der Waals surface area contributed by atoms with E-state index in [0.717, 1.165) is 28.8 Å². The van der Waals surface area contributed by atoms with Gasteiger partial charge in [-0.05, 0) is 55.0 Å². The highest BCUT2D eigenvalue weighted by atomic mass is 79.9. The van der Waals surface area contributed by atoms with Crippen LogP contribution in [0.2, 0.25) is 0 Å². The first-order chi connectivity index (χ1) is 14.8. The number of carboxylic acids is 2. The number of nitriles is 2. The van der Waals surface area contributed by atoms with E-state index in [2.05, 4.69) is 34.6 Å². The van der Waals surface area contributed by atoms with Gasteiger partial charge in [0, 0.05) is 28.0 Å². The number of rotatable bonds is 8. The molecule has 0 aliphatic heterocycles. The Kier molecular flexibility index (Phi) is 16.9. The zero-order valence-electron chi connectivity index (χ0n) is 16.7. The molecule has 2 rings (SSSR count). The molecule has 0 saturated heterocycles. The van der Waals surface area contributed by atoms with Gasteiger partial charge in [0.25, 0.3) is 0 Å². The van der Waals surface area contributed by atoms with Crippen LogP contribution in [0.5, 0.6) is 0 Å². The van der Waals surface area contributed by atoms with E-state index in [4.69, 9.17) is 20.7 Å². The second kappa shape index (κ2) is 18.3. The second-order valence-electron chi connectivity index (χ2n) is 5.75. The van der Waals surface area contributed by atoms with Crippen LogP contribution in [0.3, 0.4) is 0 Å². The van der Waals surface area contributed by atoms with Gasteiger partial charge >= 0.3 is 11.9 Å². The molecule has 0 radical (unpaired) electrons. The standard InChI is InChI=1S/C11H11NO2S.C7H6O2S.C4H6BrN/c12-6-1-2-7-15-10-5-3-4-9(8-10)11(13)14;8-7(9)5-2-1-3-6(10)4-5;5-3-1-2-4-6/h3-5,8H,1-2,7H2,(H,13,14);1-4,10H,(H,8,9);1-3H2. The molecule has 9 heteroatoms. The summed E-state index contributed by atoms with van der Waals surface area (Å²) < 4.78 is 0. The van der Waals surface area contributed by atoms with Crippen molar-refractivity contribution in [2.24, 2.45) is 0 Å². The number of thioether (sulfide) groups is 1. The van der Waals surface area contributed by atoms with E-state index in [1.54, 1.807) is 42.1 Å². The van der Waals surface area contributed by atoms with Gasteiger partial charge in [-0.25, -0.2) is 9.59 Å². The Bertz CT molecular complexity index is 911. The molecule has 0 spiro atoms. The molecule has 2 aromatic rings. The molecule has 2 aromatic carbocycles. The summed E-state index contributed by atoms with van der Waals surface area (Å²) in [6.07, 6.45) is 3.02. The van der Waals surface area contributed by atoms with Gasteiger partial charge in [0.1, 0.15) is 0 Å². The van der Waals surface area contributed by atoms with E-state index in [1.807, 2.05) is 12.1 Å². The van der Waals surface area contributed by atoms with Crippen molar-refractivity contribution < 1.29 is 19.8 Å². The highest BCUT2D eigenvalue weighted by Crippen LogP contribution is 2.20. The van der Waals surface area contributed by atoms with Crippen LogP contribution in [0.15, 0.2) is 58.3 Å². The highest BCUT2D eigenvalue weighted by molar-refractivity contribution is 9.09. The average molecular weight is 523 g/mol. The van der Waals surface area contributed by atoms with Crippen LogP contribution in [0.1, 0.15) is 46.4 Å². The number of aromatic carboxylic acids is 2. The molecule has 31 heavy (non-hydrogen) atoms. The Morgan fingerprint density at radius 1 is 0.935 bits per heavy atom. The van der Waals surface area contributed by atoms with Crippen molar-refractivity contribution in [1.29, 1.82) is 10.5 Å². The van der Waals surface area contributed by atoms with Crippen molar-refractivity contribution in [3.63, 3.8) is 0 Å². The fourth-order valence-electron chi connectivity index (χ4n) is 1.84. The van der Waals surface area contributed by atoms with Gasteiger partial charge in [-0.1, -0.05) is 28.1 Å². The maximum absolute atomic E-state index is 10.7. The summed E-state index contributed by atoms with van der Waals surface area (Å²) in [5.74, 6) is -0.984. The predicted octanol–water partition coefficient (Wildman–Crippen LogP) is 6.14. The molecule has 0 aliphatic rings. The lowest BCUT2D eigenvalue weighted by atomic mass is 10.2. The van der Waals surface area contributed by atoms with Crippen LogP contribution in [-0.2, 0) is 0 Å². The minimum Gasteiger partial charge on any atom is -0.478 e. The van der Waals surface area contributed by atoms with Crippen LogP contribution >= 0.6 is 40.3 Å². The van der Waals surface area contributed by atoms with E-state index < -0.39 is 11.9 Å². The third-order valence-electron chi connectivity index (χ3n) is 3.30. The molecule has 0 heterocycles. The summed E-state index contributed by atoms with van der Waals surface area (Å²) in [5, 5.41) is 34.5. The zero-order chi connectivity index (χ0) is 23.5. The first kappa shape index (κ1) is 28.5. The molecular formula is C22H23BrN2O4S2. The van der Waals surface area contributed by atoms with E-state index in [1.165, 1.54) is 12.1 Å². The van der Waals surface area contributed by atoms with E-state index in [9.17, 15) is 9.59 Å². The number of hydrogen-bond donors (Lipinski definition) is 3. The SMILES string of the molecule is N#CCCCBr.N#CCCCSc1cccc(C(=O)O)c1.O=C(O)c1cccc(S)c1. The maximum Gasteiger partial charge on any atom is 0.335 e. The van der Waals surface area contributed by atoms with Gasteiger partial charge in [-0.15, -0.1) is 24.4 Å². The van der Waals surface area contributed by atoms with Crippen molar-refractivity contribution in [3.05, 3.63) is 59.7 Å². The molecule has 2 N–H and O–H groups in total. The average Bonchev–Trinajstić information content (AvgIpc) is 2.76. The van der Waals surface area contributed by atoms with Crippen LogP contribution in [-0.4, -0.2) is 33.2 Å². The van der Waals surface area contributed by atoms with Crippen LogP contribution < -0.4 is 0 Å². The maximum atomic E-state index is 10.7. The smallest absolute Gasteiger partial charge is 0.335 e. The number of thiol groups is 1. The normalized spacial score (nSPS) is 9.03. The molecule has 6 nitrogen and oxygen atoms in total. The van der Waals surface area contributed by atoms with E-state index in [0.29, 0.717) is 23.3 Å². The van der Waals surface area contributed by atoms with E-state index in [-0.39, 0.29) is 5.56 Å². The molecule has 0 aliphatic carbocycles. The monoisotopic (exact) mass is 522 g/mol. The quantitative estimate of drug-likeness (QED) is 0.164. The Balaban J connectivity index is 0.000000484. The summed E-state index contributed by atoms with van der Waals surface area (Å²) in [7, 11) is 0. The van der Waals surface area contributed by atoms with Crippen molar-refractivity contribution in [2.75, 3.05) is 11.1 Å². The highest BCUT2D eigenvalue weighted by Gasteiger charge is 2.03. The van der Waals surface area contributed by atoms with Gasteiger partial charge in [-0.3, -0.25) is 0 Å². The Labute approximate surface area is 200 Å². The largest absolute Gasteiger partial charge is 0.478 e. The lowest BCUT2D eigenvalue weighted by Gasteiger charge is -2.01. The third kappa shape index (κ3) is 15.1. The summed E-state index contributed by atoms with van der Waals surface area (Å²) >= 11 is 8.76. The van der Waals surface area contributed by atoms with E-state index >= 15 is 0 Å². The fourth-order valence-corrected chi connectivity index (χ4v) is 3.26. The molecule has 0 fully saturated rings. The van der Waals surface area contributed by atoms with Gasteiger partial charge in [-0.2, -0.15) is 10.5 Å². The number of nitrogens with zero attached hydrogens (tertiary/aromatic N) is 2. The molecule has 0 amide bonds. The van der Waals surface area contributed by atoms with Gasteiger partial charge in [0.15, 0.2) is 0 Å². The van der Waals surface area contributed by atoms with Gasteiger partial charge in [0.05, 0.1) is 23.3 Å². The predicted molar refractivity (Wildman–Crippen MR) is 128 cm³/mol. The van der Waals surface area contributed by atoms with Crippen molar-refractivity contribution in [2.45, 2.75) is 35.5 Å². The molecule has 0 saturated carbocycles. The summed E-state index contributed by atoms with van der Waals surface area (Å²) in [6, 6.07) is 17.4. The number of benzene rings is 2. The summed E-state index contributed by atoms with van der Waals surface area (Å²) in [6.45, 7) is 0. The van der Waals surface area contributed by atoms with Crippen molar-refractivity contribution in [3.8, 4) is 12.1 Å². The van der Waals surface area contributed by atoms with Crippen LogP contribution in [0, 0.1) is 22.7 Å². The molecule has 164 valence electrons. The first-order valence-electron chi connectivity index (χ1n) is 9.14. The topological polar surface area (TPSA) is 122 Å². The molecule has 0 bridgehead atoms. The summed E-state index contributed by atoms with van der Waals surface area (Å²) in [5.41, 5.74) is 0.577. The van der Waals surface area contributed by atoms with Crippen molar-refractivity contribution in [1.82, 2.24) is 0 Å². The zero-order valence-corrected chi connectivity index (χ0v) is 20.0. The minimum absolute atomic E-state index is 0.271.